The number of alkyl halides is 3. The molecule has 0 aliphatic heterocycles. The molecule has 102 valence electrons. The van der Waals surface area contributed by atoms with E-state index in [1.807, 2.05) is 0 Å². The molecule has 7 heteroatoms. The average Bonchev–Trinajstić information content (AvgIpc) is 2.74. The number of hydrogen-bond donors (Lipinski definition) is 1. The summed E-state index contributed by atoms with van der Waals surface area (Å²) in [6, 6.07) is 8.56. The molecule has 1 aromatic heterocycles. The number of thiophene rings is 1. The van der Waals surface area contributed by atoms with Crippen LogP contribution in [-0.4, -0.2) is 6.36 Å². The van der Waals surface area contributed by atoms with Gasteiger partial charge in [0.2, 0.25) is 0 Å². The smallest absolute Gasteiger partial charge is 0.406 e. The van der Waals surface area contributed by atoms with E-state index in [2.05, 4.69) is 4.74 Å². The number of hydrogen-bond acceptors (Lipinski definition) is 3. The third kappa shape index (κ3) is 3.86. The molecule has 0 spiro atoms. The molecule has 0 amide bonds. The van der Waals surface area contributed by atoms with Crippen molar-refractivity contribution in [3.8, 4) is 5.75 Å². The summed E-state index contributed by atoms with van der Waals surface area (Å²) < 4.78 is 40.4. The van der Waals surface area contributed by atoms with Gasteiger partial charge in [-0.15, -0.1) is 24.5 Å². The van der Waals surface area contributed by atoms with Crippen molar-refractivity contribution in [2.24, 2.45) is 5.73 Å². The summed E-state index contributed by atoms with van der Waals surface area (Å²) in [5.41, 5.74) is 6.68. The molecule has 0 bridgehead atoms. The number of benzene rings is 1. The fraction of sp³-hybridized carbons (Fsp3) is 0.167. The topological polar surface area (TPSA) is 35.2 Å². The summed E-state index contributed by atoms with van der Waals surface area (Å²) in [4.78, 5) is 0.842. The minimum atomic E-state index is -4.69. The molecule has 1 aromatic carbocycles. The Hall–Kier alpha value is -1.24. The van der Waals surface area contributed by atoms with Gasteiger partial charge in [0, 0.05) is 4.88 Å². The molecule has 0 radical (unpaired) electrons. The van der Waals surface area contributed by atoms with Crippen LogP contribution in [0.25, 0.3) is 0 Å². The van der Waals surface area contributed by atoms with Crippen LogP contribution in [0.3, 0.4) is 0 Å². The van der Waals surface area contributed by atoms with E-state index in [4.69, 9.17) is 17.3 Å². The number of rotatable bonds is 3. The van der Waals surface area contributed by atoms with E-state index in [9.17, 15) is 13.2 Å². The minimum Gasteiger partial charge on any atom is -0.406 e. The molecule has 2 N–H and O–H groups in total. The Kier molecular flexibility index (Phi) is 4.03. The average molecular weight is 308 g/mol. The van der Waals surface area contributed by atoms with Crippen LogP contribution in [0.15, 0.2) is 36.4 Å². The first-order chi connectivity index (χ1) is 8.85. The van der Waals surface area contributed by atoms with E-state index >= 15 is 0 Å². The van der Waals surface area contributed by atoms with Gasteiger partial charge in [0.05, 0.1) is 10.4 Å². The van der Waals surface area contributed by atoms with Gasteiger partial charge in [0.1, 0.15) is 5.75 Å². The van der Waals surface area contributed by atoms with Crippen molar-refractivity contribution < 1.29 is 17.9 Å². The Morgan fingerprint density at radius 3 is 2.21 bits per heavy atom. The lowest BCUT2D eigenvalue weighted by Gasteiger charge is -2.12. The van der Waals surface area contributed by atoms with Crippen LogP contribution in [0.1, 0.15) is 16.5 Å². The van der Waals surface area contributed by atoms with Gasteiger partial charge >= 0.3 is 6.36 Å². The van der Waals surface area contributed by atoms with Crippen LogP contribution in [0.5, 0.6) is 5.75 Å². The maximum absolute atomic E-state index is 12.0. The number of nitrogens with two attached hydrogens (primary N) is 1. The van der Waals surface area contributed by atoms with Gasteiger partial charge in [-0.3, -0.25) is 0 Å². The lowest BCUT2D eigenvalue weighted by atomic mass is 10.1. The van der Waals surface area contributed by atoms with Crippen LogP contribution in [-0.2, 0) is 0 Å². The first-order valence-corrected chi connectivity index (χ1v) is 6.41. The predicted octanol–water partition coefficient (Wildman–Crippen LogP) is 4.35. The third-order valence-corrected chi connectivity index (χ3v) is 3.69. The van der Waals surface area contributed by atoms with Crippen LogP contribution in [0.4, 0.5) is 13.2 Å². The molecule has 2 aromatic rings. The molecule has 2 rings (SSSR count). The molecule has 0 saturated carbocycles. The molecule has 1 heterocycles. The fourth-order valence-electron chi connectivity index (χ4n) is 1.54. The lowest BCUT2D eigenvalue weighted by molar-refractivity contribution is -0.274. The Bertz CT molecular complexity index is 553. The van der Waals surface area contributed by atoms with Gasteiger partial charge in [-0.1, -0.05) is 23.7 Å². The normalized spacial score (nSPS) is 13.3. The summed E-state index contributed by atoms with van der Waals surface area (Å²) in [6.45, 7) is 0. The molecule has 0 aliphatic rings. The van der Waals surface area contributed by atoms with Crippen LogP contribution in [0, 0.1) is 0 Å². The largest absolute Gasteiger partial charge is 0.573 e. The zero-order chi connectivity index (χ0) is 14.0. The van der Waals surface area contributed by atoms with Gasteiger partial charge in [0.15, 0.2) is 0 Å². The van der Waals surface area contributed by atoms with Gasteiger partial charge in [-0.2, -0.15) is 0 Å². The van der Waals surface area contributed by atoms with E-state index in [1.54, 1.807) is 12.1 Å². The second-order valence-electron chi connectivity index (χ2n) is 3.74. The zero-order valence-corrected chi connectivity index (χ0v) is 11.0. The van der Waals surface area contributed by atoms with Gasteiger partial charge in [-0.25, -0.2) is 0 Å². The molecular formula is C12H9ClF3NOS. The van der Waals surface area contributed by atoms with Crippen LogP contribution < -0.4 is 10.5 Å². The summed E-state index contributed by atoms with van der Waals surface area (Å²) in [5.74, 6) is -0.271. The Labute approximate surface area is 116 Å². The monoisotopic (exact) mass is 307 g/mol. The zero-order valence-electron chi connectivity index (χ0n) is 9.45. The Morgan fingerprint density at radius 1 is 1.11 bits per heavy atom. The van der Waals surface area contributed by atoms with E-state index in [0.717, 1.165) is 4.88 Å². The molecule has 0 fully saturated rings. The minimum absolute atomic E-state index is 0.271. The maximum Gasteiger partial charge on any atom is 0.573 e. The van der Waals surface area contributed by atoms with Crippen molar-refractivity contribution in [1.29, 1.82) is 0 Å². The van der Waals surface area contributed by atoms with Crippen molar-refractivity contribution >= 4 is 22.9 Å². The first kappa shape index (κ1) is 14.2. The SMILES string of the molecule is N[C@@H](c1ccc(OC(F)(F)F)cc1)c1ccc(Cl)s1. The summed E-state index contributed by atoms with van der Waals surface area (Å²) in [7, 11) is 0. The quantitative estimate of drug-likeness (QED) is 0.915. The van der Waals surface area contributed by atoms with Crippen LogP contribution >= 0.6 is 22.9 Å². The highest BCUT2D eigenvalue weighted by molar-refractivity contribution is 7.16. The summed E-state index contributed by atoms with van der Waals surface area (Å²) in [6.07, 6.45) is -4.69. The number of halogens is 4. The predicted molar refractivity (Wildman–Crippen MR) is 68.5 cm³/mol. The molecule has 0 unspecified atom stereocenters. The summed E-state index contributed by atoms with van der Waals surface area (Å²) in [5, 5.41) is 0. The fourth-order valence-corrected chi connectivity index (χ4v) is 2.63. The van der Waals surface area contributed by atoms with E-state index in [1.165, 1.54) is 35.6 Å². The van der Waals surface area contributed by atoms with E-state index in [-0.39, 0.29) is 5.75 Å². The van der Waals surface area contributed by atoms with Gasteiger partial charge < -0.3 is 10.5 Å². The Morgan fingerprint density at radius 2 is 1.74 bits per heavy atom. The van der Waals surface area contributed by atoms with Crippen molar-refractivity contribution in [2.45, 2.75) is 12.4 Å². The van der Waals surface area contributed by atoms with Crippen LogP contribution in [0.2, 0.25) is 4.34 Å². The van der Waals surface area contributed by atoms with Crippen molar-refractivity contribution in [3.63, 3.8) is 0 Å². The molecule has 0 saturated heterocycles. The molecular weight excluding hydrogens is 299 g/mol. The van der Waals surface area contributed by atoms with Crippen molar-refractivity contribution in [3.05, 3.63) is 51.2 Å². The van der Waals surface area contributed by atoms with Crippen molar-refractivity contribution in [2.75, 3.05) is 0 Å². The molecule has 19 heavy (non-hydrogen) atoms. The highest BCUT2D eigenvalue weighted by Crippen LogP contribution is 2.30. The molecule has 2 nitrogen and oxygen atoms in total. The van der Waals surface area contributed by atoms with E-state index in [0.29, 0.717) is 9.90 Å². The highest BCUT2D eigenvalue weighted by atomic mass is 35.5. The molecule has 0 aliphatic carbocycles. The highest BCUT2D eigenvalue weighted by Gasteiger charge is 2.31. The maximum atomic E-state index is 12.0. The van der Waals surface area contributed by atoms with E-state index < -0.39 is 12.4 Å². The second-order valence-corrected chi connectivity index (χ2v) is 5.48. The number of ether oxygens (including phenoxy) is 1. The third-order valence-electron chi connectivity index (χ3n) is 2.37. The second kappa shape index (κ2) is 5.40. The Balaban J connectivity index is 2.14. The molecule has 1 atom stereocenters. The van der Waals surface area contributed by atoms with Gasteiger partial charge in [-0.05, 0) is 29.8 Å². The summed E-state index contributed by atoms with van der Waals surface area (Å²) >= 11 is 7.14. The standard InChI is InChI=1S/C12H9ClF3NOS/c13-10-6-5-9(19-10)11(17)7-1-3-8(4-2-7)18-12(14,15)16/h1-6,11H,17H2/t11-/m0/s1. The van der Waals surface area contributed by atoms with Crippen molar-refractivity contribution in [1.82, 2.24) is 0 Å². The first-order valence-electron chi connectivity index (χ1n) is 5.22. The van der Waals surface area contributed by atoms with Gasteiger partial charge in [0.25, 0.3) is 0 Å². The lowest BCUT2D eigenvalue weighted by Crippen LogP contribution is -2.17.